The number of carbonyl (C=O) groups excluding carboxylic acids is 1. The maximum absolute atomic E-state index is 12.6. The fraction of sp³-hybridized carbons (Fsp3) is 0.235. The van der Waals surface area contributed by atoms with E-state index in [4.69, 9.17) is 11.6 Å². The average Bonchev–Trinajstić information content (AvgIpc) is 2.37. The van der Waals surface area contributed by atoms with Crippen LogP contribution in [-0.2, 0) is 0 Å². The molecule has 0 amide bonds. The van der Waals surface area contributed by atoms with Crippen LogP contribution in [0.2, 0.25) is 0 Å². The summed E-state index contributed by atoms with van der Waals surface area (Å²) >= 11 is 6.33. The van der Waals surface area contributed by atoms with Crippen LogP contribution in [0.4, 0.5) is 0 Å². The third-order valence-electron chi connectivity index (χ3n) is 3.25. The molecule has 0 aliphatic rings. The van der Waals surface area contributed by atoms with Crippen LogP contribution in [0.5, 0.6) is 0 Å². The lowest BCUT2D eigenvalue weighted by Crippen LogP contribution is -2.11. The van der Waals surface area contributed by atoms with Crippen LogP contribution in [0, 0.1) is 20.8 Å². The van der Waals surface area contributed by atoms with Crippen LogP contribution >= 0.6 is 11.6 Å². The summed E-state index contributed by atoms with van der Waals surface area (Å²) in [7, 11) is 0. The molecule has 2 rings (SSSR count). The van der Waals surface area contributed by atoms with Gasteiger partial charge in [-0.3, -0.25) is 4.79 Å². The van der Waals surface area contributed by atoms with E-state index in [2.05, 4.69) is 0 Å². The van der Waals surface area contributed by atoms with Gasteiger partial charge in [0.2, 0.25) is 0 Å². The van der Waals surface area contributed by atoms with Gasteiger partial charge in [0.05, 0.1) is 0 Å². The number of hydrogen-bond acceptors (Lipinski definition) is 1. The fourth-order valence-corrected chi connectivity index (χ4v) is 2.72. The summed E-state index contributed by atoms with van der Waals surface area (Å²) in [5, 5.41) is -0.624. The first-order chi connectivity index (χ1) is 9.00. The van der Waals surface area contributed by atoms with E-state index in [0.717, 1.165) is 27.8 Å². The van der Waals surface area contributed by atoms with E-state index in [1.165, 1.54) is 0 Å². The summed E-state index contributed by atoms with van der Waals surface area (Å²) < 4.78 is 0. The van der Waals surface area contributed by atoms with Crippen molar-refractivity contribution < 1.29 is 4.79 Å². The van der Waals surface area contributed by atoms with Gasteiger partial charge < -0.3 is 0 Å². The molecular formula is C17H17ClO. The Labute approximate surface area is 119 Å². The predicted octanol–water partition coefficient (Wildman–Crippen LogP) is 4.77. The van der Waals surface area contributed by atoms with Gasteiger partial charge in [-0.25, -0.2) is 0 Å². The molecule has 0 aromatic heterocycles. The quantitative estimate of drug-likeness (QED) is 0.581. The van der Waals surface area contributed by atoms with E-state index in [-0.39, 0.29) is 5.78 Å². The minimum atomic E-state index is -0.624. The molecule has 0 saturated heterocycles. The number of aryl methyl sites for hydroxylation is 3. The van der Waals surface area contributed by atoms with Crippen molar-refractivity contribution in [1.82, 2.24) is 0 Å². The standard InChI is InChI=1S/C17H17ClO/c1-11-9-12(2)15(13(3)10-11)17(19)16(18)14-7-5-4-6-8-14/h4-10,16H,1-3H3. The molecule has 0 bridgehead atoms. The number of benzene rings is 2. The summed E-state index contributed by atoms with van der Waals surface area (Å²) in [6.07, 6.45) is 0. The Morgan fingerprint density at radius 1 is 1.00 bits per heavy atom. The van der Waals surface area contributed by atoms with Crippen LogP contribution in [-0.4, -0.2) is 5.78 Å². The zero-order valence-electron chi connectivity index (χ0n) is 11.4. The van der Waals surface area contributed by atoms with Gasteiger partial charge in [-0.1, -0.05) is 48.0 Å². The SMILES string of the molecule is Cc1cc(C)c(C(=O)C(Cl)c2ccccc2)c(C)c1. The topological polar surface area (TPSA) is 17.1 Å². The highest BCUT2D eigenvalue weighted by atomic mass is 35.5. The molecule has 2 aromatic carbocycles. The van der Waals surface area contributed by atoms with Gasteiger partial charge in [0.15, 0.2) is 5.78 Å². The van der Waals surface area contributed by atoms with Gasteiger partial charge in [-0.15, -0.1) is 11.6 Å². The molecule has 1 unspecified atom stereocenters. The van der Waals surface area contributed by atoms with Crippen molar-refractivity contribution in [3.63, 3.8) is 0 Å². The Balaban J connectivity index is 2.40. The van der Waals surface area contributed by atoms with Crippen LogP contribution in [0.1, 0.15) is 38.0 Å². The highest BCUT2D eigenvalue weighted by Crippen LogP contribution is 2.28. The summed E-state index contributed by atoms with van der Waals surface area (Å²) in [4.78, 5) is 12.6. The van der Waals surface area contributed by atoms with Crippen molar-refractivity contribution in [3.8, 4) is 0 Å². The van der Waals surface area contributed by atoms with Crippen LogP contribution < -0.4 is 0 Å². The largest absolute Gasteiger partial charge is 0.292 e. The first-order valence-electron chi connectivity index (χ1n) is 6.32. The summed E-state index contributed by atoms with van der Waals surface area (Å²) in [5.41, 5.74) is 4.73. The van der Waals surface area contributed by atoms with E-state index < -0.39 is 5.38 Å². The molecule has 1 nitrogen and oxygen atoms in total. The first kappa shape index (κ1) is 13.8. The lowest BCUT2D eigenvalue weighted by molar-refractivity contribution is 0.0986. The van der Waals surface area contributed by atoms with Crippen molar-refractivity contribution in [2.75, 3.05) is 0 Å². The zero-order chi connectivity index (χ0) is 14.0. The van der Waals surface area contributed by atoms with E-state index in [1.54, 1.807) is 0 Å². The highest BCUT2D eigenvalue weighted by molar-refractivity contribution is 6.34. The van der Waals surface area contributed by atoms with Gasteiger partial charge >= 0.3 is 0 Å². The van der Waals surface area contributed by atoms with Gasteiger partial charge in [0.1, 0.15) is 5.38 Å². The Kier molecular flexibility index (Phi) is 4.06. The normalized spacial score (nSPS) is 12.2. The van der Waals surface area contributed by atoms with E-state index in [9.17, 15) is 4.79 Å². The first-order valence-corrected chi connectivity index (χ1v) is 6.75. The molecule has 19 heavy (non-hydrogen) atoms. The molecule has 0 spiro atoms. The summed E-state index contributed by atoms with van der Waals surface area (Å²) in [5.74, 6) is -0.0251. The lowest BCUT2D eigenvalue weighted by atomic mass is 9.93. The molecule has 0 heterocycles. The van der Waals surface area contributed by atoms with Gasteiger partial charge in [-0.2, -0.15) is 0 Å². The maximum Gasteiger partial charge on any atom is 0.185 e. The summed E-state index contributed by atoms with van der Waals surface area (Å²) in [6, 6.07) is 13.5. The van der Waals surface area contributed by atoms with Crippen molar-refractivity contribution in [3.05, 3.63) is 70.3 Å². The molecule has 0 aliphatic carbocycles. The van der Waals surface area contributed by atoms with E-state index >= 15 is 0 Å². The number of rotatable bonds is 3. The predicted molar refractivity (Wildman–Crippen MR) is 80.0 cm³/mol. The van der Waals surface area contributed by atoms with Gasteiger partial charge in [0, 0.05) is 5.56 Å². The molecule has 0 saturated carbocycles. The van der Waals surface area contributed by atoms with Crippen molar-refractivity contribution in [2.24, 2.45) is 0 Å². The molecule has 0 N–H and O–H groups in total. The van der Waals surface area contributed by atoms with Gasteiger partial charge in [0.25, 0.3) is 0 Å². The number of hydrogen-bond donors (Lipinski definition) is 0. The smallest absolute Gasteiger partial charge is 0.185 e. The molecule has 2 aromatic rings. The number of carbonyl (C=O) groups is 1. The third-order valence-corrected chi connectivity index (χ3v) is 3.70. The molecule has 0 radical (unpaired) electrons. The van der Waals surface area contributed by atoms with Crippen molar-refractivity contribution >= 4 is 17.4 Å². The minimum Gasteiger partial charge on any atom is -0.292 e. The molecule has 0 fully saturated rings. The molecule has 98 valence electrons. The average molecular weight is 273 g/mol. The highest BCUT2D eigenvalue weighted by Gasteiger charge is 2.22. The van der Waals surface area contributed by atoms with Crippen LogP contribution in [0.25, 0.3) is 0 Å². The second-order valence-corrected chi connectivity index (χ2v) is 5.35. The number of Topliss-reactive ketones (excluding diaryl/α,β-unsaturated/α-hetero) is 1. The molecule has 1 atom stereocenters. The number of ketones is 1. The lowest BCUT2D eigenvalue weighted by Gasteiger charge is -2.14. The number of alkyl halides is 1. The number of halogens is 1. The fourth-order valence-electron chi connectivity index (χ4n) is 2.47. The monoisotopic (exact) mass is 272 g/mol. The Morgan fingerprint density at radius 3 is 2.05 bits per heavy atom. The van der Waals surface area contributed by atoms with Crippen LogP contribution in [0.3, 0.4) is 0 Å². The van der Waals surface area contributed by atoms with Crippen LogP contribution in [0.15, 0.2) is 42.5 Å². The van der Waals surface area contributed by atoms with E-state index in [1.807, 2.05) is 63.2 Å². The van der Waals surface area contributed by atoms with E-state index in [0.29, 0.717) is 0 Å². The molecule has 2 heteroatoms. The van der Waals surface area contributed by atoms with Gasteiger partial charge in [-0.05, 0) is 37.5 Å². The second-order valence-electron chi connectivity index (χ2n) is 4.91. The van der Waals surface area contributed by atoms with Crippen molar-refractivity contribution in [1.29, 1.82) is 0 Å². The maximum atomic E-state index is 12.6. The summed E-state index contributed by atoms with van der Waals surface area (Å²) in [6.45, 7) is 5.95. The van der Waals surface area contributed by atoms with Crippen molar-refractivity contribution in [2.45, 2.75) is 26.1 Å². The zero-order valence-corrected chi connectivity index (χ0v) is 12.2. The second kappa shape index (κ2) is 5.58. The third kappa shape index (κ3) is 2.87. The molecular weight excluding hydrogens is 256 g/mol. The Morgan fingerprint density at radius 2 is 1.53 bits per heavy atom. The Bertz CT molecular complexity index is 579. The minimum absolute atomic E-state index is 0.0251. The molecule has 0 aliphatic heterocycles. The Hall–Kier alpha value is -1.60.